The molecule has 2 N–H and O–H groups in total. The van der Waals surface area contributed by atoms with Gasteiger partial charge in [0.15, 0.2) is 0 Å². The van der Waals surface area contributed by atoms with Gasteiger partial charge in [-0.1, -0.05) is 41.4 Å². The summed E-state index contributed by atoms with van der Waals surface area (Å²) in [6.07, 6.45) is 1.88. The number of pyridine rings is 1. The lowest BCUT2D eigenvalue weighted by Crippen LogP contribution is -2.39. The molecule has 0 spiro atoms. The van der Waals surface area contributed by atoms with Gasteiger partial charge in [0.05, 0.1) is 4.90 Å². The molecule has 0 unspecified atom stereocenters. The van der Waals surface area contributed by atoms with E-state index in [1.54, 1.807) is 18.2 Å². The Kier molecular flexibility index (Phi) is 6.87. The topological polar surface area (TPSA) is 88.5 Å². The number of ether oxygens (including phenoxy) is 1. The van der Waals surface area contributed by atoms with E-state index in [0.717, 1.165) is 18.7 Å². The molecule has 0 radical (unpaired) electrons. The van der Waals surface area contributed by atoms with E-state index in [2.05, 4.69) is 16.4 Å². The summed E-state index contributed by atoms with van der Waals surface area (Å²) >= 11 is 5.90. The maximum absolute atomic E-state index is 10.5. The first-order valence-corrected chi connectivity index (χ1v) is 10.8. The van der Waals surface area contributed by atoms with E-state index in [9.17, 15) is 8.42 Å². The van der Waals surface area contributed by atoms with Crippen molar-refractivity contribution in [2.24, 2.45) is 0 Å². The Labute approximate surface area is 175 Å². The molecule has 8 heteroatoms. The van der Waals surface area contributed by atoms with E-state index >= 15 is 0 Å². The van der Waals surface area contributed by atoms with Crippen LogP contribution < -0.4 is 10.1 Å². The lowest BCUT2D eigenvalue weighted by molar-refractivity contribution is 0.441. The first kappa shape index (κ1) is 21.3. The van der Waals surface area contributed by atoms with Crippen LogP contribution in [-0.2, 0) is 10.1 Å². The number of nitrogens with zero attached hydrogens (tertiary/aromatic N) is 1. The van der Waals surface area contributed by atoms with Crippen molar-refractivity contribution in [2.75, 3.05) is 13.1 Å². The van der Waals surface area contributed by atoms with Gasteiger partial charge in [-0.05, 0) is 42.8 Å². The molecule has 0 bridgehead atoms. The van der Waals surface area contributed by atoms with Crippen LogP contribution in [0.2, 0.25) is 5.02 Å². The third-order valence-corrected chi connectivity index (χ3v) is 5.45. The maximum atomic E-state index is 10.5. The Bertz CT molecular complexity index is 1050. The molecule has 1 aliphatic heterocycles. The summed E-state index contributed by atoms with van der Waals surface area (Å²) in [5, 5.41) is 3.90. The van der Waals surface area contributed by atoms with Crippen LogP contribution in [0.4, 0.5) is 0 Å². The number of nitrogens with one attached hydrogen (secondary N) is 1. The van der Waals surface area contributed by atoms with Gasteiger partial charge in [-0.15, -0.1) is 0 Å². The summed E-state index contributed by atoms with van der Waals surface area (Å²) in [7, 11) is -4.02. The molecule has 152 valence electrons. The molecule has 0 saturated carbocycles. The molecule has 1 saturated heterocycles. The van der Waals surface area contributed by atoms with Gasteiger partial charge in [0.25, 0.3) is 10.1 Å². The fourth-order valence-electron chi connectivity index (χ4n) is 2.58. The first-order valence-electron chi connectivity index (χ1n) is 8.95. The number of hydrogen-bond donors (Lipinski definition) is 2. The highest BCUT2D eigenvalue weighted by atomic mass is 35.5. The molecule has 6 nitrogen and oxygen atoms in total. The van der Waals surface area contributed by atoms with E-state index < -0.39 is 10.1 Å². The second-order valence-corrected chi connectivity index (χ2v) is 8.49. The smallest absolute Gasteiger partial charge is 0.294 e. The number of aryl methyl sites for hydroxylation is 1. The lowest BCUT2D eigenvalue weighted by Gasteiger charge is -2.27. The number of rotatable bonds is 4. The van der Waals surface area contributed by atoms with Gasteiger partial charge in [0.2, 0.25) is 5.88 Å². The number of halogens is 1. The highest BCUT2D eigenvalue weighted by Crippen LogP contribution is 2.25. The molecule has 2 aromatic carbocycles. The molecule has 0 amide bonds. The molecular weight excluding hydrogens is 412 g/mol. The van der Waals surface area contributed by atoms with Gasteiger partial charge >= 0.3 is 0 Å². The minimum Gasteiger partial charge on any atom is -0.439 e. The first-order chi connectivity index (χ1) is 13.8. The van der Waals surface area contributed by atoms with Crippen molar-refractivity contribution in [3.63, 3.8) is 0 Å². The average Bonchev–Trinajstić information content (AvgIpc) is 2.62. The van der Waals surface area contributed by atoms with Gasteiger partial charge in [0.1, 0.15) is 5.75 Å². The summed E-state index contributed by atoms with van der Waals surface area (Å²) in [5.74, 6) is 1.89. The van der Waals surface area contributed by atoms with Crippen molar-refractivity contribution in [2.45, 2.75) is 17.7 Å². The molecule has 29 heavy (non-hydrogen) atoms. The molecule has 1 fully saturated rings. The summed E-state index contributed by atoms with van der Waals surface area (Å²) in [6.45, 7) is 3.92. The van der Waals surface area contributed by atoms with Crippen LogP contribution >= 0.6 is 11.6 Å². The van der Waals surface area contributed by atoms with Gasteiger partial charge in [-0.3, -0.25) is 4.55 Å². The van der Waals surface area contributed by atoms with Crippen LogP contribution in [0.15, 0.2) is 71.8 Å². The summed E-state index contributed by atoms with van der Waals surface area (Å²) < 4.78 is 35.2. The molecular formula is C21H21ClN2O4S. The van der Waals surface area contributed by atoms with E-state index in [-0.39, 0.29) is 4.90 Å². The van der Waals surface area contributed by atoms with Gasteiger partial charge < -0.3 is 10.1 Å². The minimum atomic E-state index is -4.02. The Hall–Kier alpha value is -2.45. The van der Waals surface area contributed by atoms with E-state index in [4.69, 9.17) is 20.9 Å². The van der Waals surface area contributed by atoms with E-state index in [0.29, 0.717) is 22.6 Å². The second-order valence-electron chi connectivity index (χ2n) is 6.63. The summed E-state index contributed by atoms with van der Waals surface area (Å²) in [4.78, 5) is 4.25. The van der Waals surface area contributed by atoms with Crippen molar-refractivity contribution in [1.29, 1.82) is 0 Å². The monoisotopic (exact) mass is 432 g/mol. The third-order valence-electron chi connectivity index (χ3n) is 4.35. The third kappa shape index (κ3) is 6.27. The van der Waals surface area contributed by atoms with Gasteiger partial charge in [0, 0.05) is 36.3 Å². The fourth-order valence-corrected chi connectivity index (χ4v) is 3.24. The maximum Gasteiger partial charge on any atom is 0.294 e. The van der Waals surface area contributed by atoms with Gasteiger partial charge in [-0.2, -0.15) is 8.42 Å². The minimum absolute atomic E-state index is 0.0666. The lowest BCUT2D eigenvalue weighted by atomic mass is 9.95. The number of aromatic nitrogens is 1. The molecule has 2 heterocycles. The molecule has 0 atom stereocenters. The summed E-state index contributed by atoms with van der Waals surface area (Å²) in [5.41, 5.74) is 2.21. The van der Waals surface area contributed by atoms with E-state index in [1.807, 2.05) is 37.4 Å². The molecule has 1 aromatic heterocycles. The van der Waals surface area contributed by atoms with Crippen LogP contribution in [-0.4, -0.2) is 31.0 Å². The highest BCUT2D eigenvalue weighted by molar-refractivity contribution is 7.85. The van der Waals surface area contributed by atoms with Crippen molar-refractivity contribution in [1.82, 2.24) is 10.3 Å². The molecule has 1 aliphatic rings. The van der Waals surface area contributed by atoms with Crippen LogP contribution in [0.1, 0.15) is 17.0 Å². The van der Waals surface area contributed by atoms with Crippen LogP contribution in [0.5, 0.6) is 11.6 Å². The van der Waals surface area contributed by atoms with E-state index in [1.165, 1.54) is 17.7 Å². The number of benzene rings is 2. The largest absolute Gasteiger partial charge is 0.439 e. The van der Waals surface area contributed by atoms with Crippen LogP contribution in [0.25, 0.3) is 0 Å². The predicted molar refractivity (Wildman–Crippen MR) is 112 cm³/mol. The van der Waals surface area contributed by atoms with Crippen molar-refractivity contribution in [3.05, 3.63) is 83.0 Å². The zero-order valence-electron chi connectivity index (χ0n) is 15.7. The standard InChI is InChI=1S/C14H13ClN2O.C7H8O3S/c15-12-2-1-3-13(6-12)18-14-5-4-10(9-17-14)11-7-16-8-11;1-6-2-4-7(5-3-6)11(8,9)10/h1-6,9,11,16H,7-8H2;2-5H,1H3,(H,8,9,10). The Morgan fingerprint density at radius 1 is 1.10 bits per heavy atom. The molecule has 4 rings (SSSR count). The SMILES string of the molecule is Cc1ccc(S(=O)(=O)O)cc1.Clc1cccc(Oc2ccc(C3CNC3)cn2)c1. The normalized spacial score (nSPS) is 13.8. The average molecular weight is 433 g/mol. The quantitative estimate of drug-likeness (QED) is 0.592. The Balaban J connectivity index is 0.000000188. The van der Waals surface area contributed by atoms with Crippen molar-refractivity contribution in [3.8, 4) is 11.6 Å². The number of hydrogen-bond acceptors (Lipinski definition) is 5. The van der Waals surface area contributed by atoms with Gasteiger partial charge in [-0.25, -0.2) is 4.98 Å². The highest BCUT2D eigenvalue weighted by Gasteiger charge is 2.18. The Morgan fingerprint density at radius 2 is 1.83 bits per heavy atom. The van der Waals surface area contributed by atoms with Crippen molar-refractivity contribution < 1.29 is 17.7 Å². The zero-order valence-corrected chi connectivity index (χ0v) is 17.3. The molecule has 0 aliphatic carbocycles. The van der Waals surface area contributed by atoms with Crippen LogP contribution in [0, 0.1) is 6.92 Å². The molecule has 3 aromatic rings. The van der Waals surface area contributed by atoms with Crippen molar-refractivity contribution >= 4 is 21.7 Å². The summed E-state index contributed by atoms with van der Waals surface area (Å²) in [6, 6.07) is 17.2. The Morgan fingerprint density at radius 3 is 2.34 bits per heavy atom. The zero-order chi connectivity index (χ0) is 20.9. The fraction of sp³-hybridized carbons (Fsp3) is 0.190. The predicted octanol–water partition coefficient (Wildman–Crippen LogP) is 4.46. The second kappa shape index (κ2) is 9.37. The van der Waals surface area contributed by atoms with Crippen LogP contribution in [0.3, 0.4) is 0 Å².